The number of thiophene rings is 1. The number of hydrogen-bond acceptors (Lipinski definition) is 4. The van der Waals surface area contributed by atoms with Crippen LogP contribution in [0.25, 0.3) is 0 Å². The van der Waals surface area contributed by atoms with Gasteiger partial charge in [0.2, 0.25) is 0 Å². The lowest BCUT2D eigenvalue weighted by Gasteiger charge is -2.18. The van der Waals surface area contributed by atoms with Gasteiger partial charge in [0.1, 0.15) is 6.04 Å². The van der Waals surface area contributed by atoms with Crippen molar-refractivity contribution in [1.29, 1.82) is 0 Å². The number of hydrogen-bond donors (Lipinski definition) is 1. The van der Waals surface area contributed by atoms with Crippen molar-refractivity contribution in [2.75, 3.05) is 7.11 Å². The molecule has 1 rings (SSSR count). The first-order valence-corrected chi connectivity index (χ1v) is 5.82. The second kappa shape index (κ2) is 5.28. The smallest absolute Gasteiger partial charge is 0.328 e. The third-order valence-corrected chi connectivity index (χ3v) is 3.18. The summed E-state index contributed by atoms with van der Waals surface area (Å²) in [6.45, 7) is 6.03. The molecular weight excluding hydrogens is 210 g/mol. The molecule has 1 N–H and O–H groups in total. The van der Waals surface area contributed by atoms with E-state index in [9.17, 15) is 4.79 Å². The first kappa shape index (κ1) is 12.2. The summed E-state index contributed by atoms with van der Waals surface area (Å²) in [5.41, 5.74) is 1.13. The molecule has 0 amide bonds. The molecule has 0 fully saturated rings. The fourth-order valence-electron chi connectivity index (χ4n) is 1.38. The number of nitrogens with one attached hydrogen (secondary N) is 1. The van der Waals surface area contributed by atoms with Gasteiger partial charge in [-0.25, -0.2) is 4.79 Å². The van der Waals surface area contributed by atoms with Crippen molar-refractivity contribution in [3.63, 3.8) is 0 Å². The number of methoxy groups -OCH3 is 1. The summed E-state index contributed by atoms with van der Waals surface area (Å²) in [5, 5.41) is 5.20. The Labute approximate surface area is 94.5 Å². The van der Waals surface area contributed by atoms with Crippen LogP contribution in [0.5, 0.6) is 0 Å². The second-order valence-electron chi connectivity index (χ2n) is 3.75. The van der Waals surface area contributed by atoms with E-state index >= 15 is 0 Å². The molecule has 0 saturated carbocycles. The van der Waals surface area contributed by atoms with E-state index in [4.69, 9.17) is 4.74 Å². The van der Waals surface area contributed by atoms with Gasteiger partial charge in [-0.05, 0) is 37.8 Å². The molecule has 84 valence electrons. The Morgan fingerprint density at radius 1 is 1.53 bits per heavy atom. The quantitative estimate of drug-likeness (QED) is 0.802. The van der Waals surface area contributed by atoms with Gasteiger partial charge in [0.25, 0.3) is 0 Å². The van der Waals surface area contributed by atoms with Crippen molar-refractivity contribution in [3.05, 3.63) is 21.9 Å². The largest absolute Gasteiger partial charge is 0.468 e. The predicted octanol–water partition coefficient (Wildman–Crippen LogP) is 2.27. The molecule has 4 heteroatoms. The zero-order valence-corrected chi connectivity index (χ0v) is 10.4. The highest BCUT2D eigenvalue weighted by Crippen LogP contribution is 2.25. The summed E-state index contributed by atoms with van der Waals surface area (Å²) < 4.78 is 4.80. The van der Waals surface area contributed by atoms with Crippen LogP contribution in [0.3, 0.4) is 0 Å². The van der Waals surface area contributed by atoms with E-state index in [0.29, 0.717) is 0 Å². The number of ether oxygens (including phenoxy) is 1. The van der Waals surface area contributed by atoms with Crippen molar-refractivity contribution >= 4 is 17.3 Å². The Balaban J connectivity index is 2.91. The zero-order valence-electron chi connectivity index (χ0n) is 9.53. The van der Waals surface area contributed by atoms with Crippen molar-refractivity contribution in [1.82, 2.24) is 5.32 Å². The molecule has 3 nitrogen and oxygen atoms in total. The van der Waals surface area contributed by atoms with Crippen LogP contribution in [0.2, 0.25) is 0 Å². The Morgan fingerprint density at radius 3 is 2.60 bits per heavy atom. The number of carbonyl (C=O) groups is 1. The highest BCUT2D eigenvalue weighted by molar-refractivity contribution is 7.10. The minimum atomic E-state index is -0.338. The molecule has 0 aliphatic carbocycles. The number of aryl methyl sites for hydroxylation is 1. The monoisotopic (exact) mass is 227 g/mol. The molecule has 15 heavy (non-hydrogen) atoms. The van der Waals surface area contributed by atoms with Crippen LogP contribution in [-0.4, -0.2) is 19.1 Å². The highest BCUT2D eigenvalue weighted by Gasteiger charge is 2.24. The van der Waals surface area contributed by atoms with Gasteiger partial charge in [-0.15, -0.1) is 11.3 Å². The summed E-state index contributed by atoms with van der Waals surface area (Å²) in [6.07, 6.45) is 0. The van der Waals surface area contributed by atoms with Crippen LogP contribution >= 0.6 is 11.3 Å². The second-order valence-corrected chi connectivity index (χ2v) is 4.69. The molecule has 1 aromatic heterocycles. The minimum Gasteiger partial charge on any atom is -0.468 e. The minimum absolute atomic E-state index is 0.228. The summed E-state index contributed by atoms with van der Waals surface area (Å²) in [7, 11) is 1.42. The molecular formula is C11H17NO2S. The maximum Gasteiger partial charge on any atom is 0.328 e. The predicted molar refractivity (Wildman–Crippen MR) is 62.1 cm³/mol. The SMILES string of the molecule is COC(=O)C(NC(C)C)c1sccc1C. The molecule has 0 saturated heterocycles. The highest BCUT2D eigenvalue weighted by atomic mass is 32.1. The van der Waals surface area contributed by atoms with Crippen LogP contribution in [0.4, 0.5) is 0 Å². The van der Waals surface area contributed by atoms with E-state index < -0.39 is 0 Å². The average molecular weight is 227 g/mol. The fraction of sp³-hybridized carbons (Fsp3) is 0.545. The normalized spacial score (nSPS) is 12.9. The standard InChI is InChI=1S/C11H17NO2S/c1-7(2)12-9(11(13)14-4)10-8(3)5-6-15-10/h5-7,9,12H,1-4H3. The molecule has 1 unspecified atom stereocenters. The van der Waals surface area contributed by atoms with Crippen molar-refractivity contribution in [3.8, 4) is 0 Å². The van der Waals surface area contributed by atoms with Crippen LogP contribution in [0.1, 0.15) is 30.3 Å². The summed E-state index contributed by atoms with van der Waals surface area (Å²) in [4.78, 5) is 12.7. The molecule has 0 aliphatic heterocycles. The van der Waals surface area contributed by atoms with Crippen LogP contribution < -0.4 is 5.32 Å². The van der Waals surface area contributed by atoms with Crippen molar-refractivity contribution in [2.24, 2.45) is 0 Å². The lowest BCUT2D eigenvalue weighted by molar-refractivity contribution is -0.143. The molecule has 0 bridgehead atoms. The van der Waals surface area contributed by atoms with Gasteiger partial charge in [-0.1, -0.05) is 0 Å². The van der Waals surface area contributed by atoms with Gasteiger partial charge >= 0.3 is 5.97 Å². The Morgan fingerprint density at radius 2 is 2.20 bits per heavy atom. The maximum absolute atomic E-state index is 11.6. The Bertz CT molecular complexity index is 333. The van der Waals surface area contributed by atoms with Gasteiger partial charge in [0, 0.05) is 10.9 Å². The maximum atomic E-state index is 11.6. The van der Waals surface area contributed by atoms with E-state index in [2.05, 4.69) is 5.32 Å². The van der Waals surface area contributed by atoms with Gasteiger partial charge < -0.3 is 4.74 Å². The molecule has 1 atom stereocenters. The van der Waals surface area contributed by atoms with E-state index in [1.807, 2.05) is 32.2 Å². The Kier molecular flexibility index (Phi) is 4.29. The van der Waals surface area contributed by atoms with Crippen molar-refractivity contribution < 1.29 is 9.53 Å². The van der Waals surface area contributed by atoms with Crippen LogP contribution in [0, 0.1) is 6.92 Å². The van der Waals surface area contributed by atoms with Crippen LogP contribution in [-0.2, 0) is 9.53 Å². The molecule has 0 aromatic carbocycles. The lowest BCUT2D eigenvalue weighted by atomic mass is 10.1. The van der Waals surface area contributed by atoms with Gasteiger partial charge in [-0.2, -0.15) is 0 Å². The fourth-order valence-corrected chi connectivity index (χ4v) is 2.36. The average Bonchev–Trinajstić information content (AvgIpc) is 2.59. The number of carbonyl (C=O) groups excluding carboxylic acids is 1. The number of esters is 1. The molecule has 1 heterocycles. The third kappa shape index (κ3) is 3.04. The van der Waals surface area contributed by atoms with Gasteiger partial charge in [0.05, 0.1) is 7.11 Å². The van der Waals surface area contributed by atoms with E-state index in [1.165, 1.54) is 7.11 Å². The summed E-state index contributed by atoms with van der Waals surface area (Å²) >= 11 is 1.58. The first-order valence-electron chi connectivity index (χ1n) is 4.94. The molecule has 1 aromatic rings. The first-order chi connectivity index (χ1) is 7.06. The Hall–Kier alpha value is -0.870. The van der Waals surface area contributed by atoms with E-state index in [-0.39, 0.29) is 18.1 Å². The lowest BCUT2D eigenvalue weighted by Crippen LogP contribution is -2.34. The number of rotatable bonds is 4. The molecule has 0 radical (unpaired) electrons. The van der Waals surface area contributed by atoms with E-state index in [0.717, 1.165) is 10.4 Å². The van der Waals surface area contributed by atoms with Gasteiger partial charge in [-0.3, -0.25) is 5.32 Å². The summed E-state index contributed by atoms with van der Waals surface area (Å²) in [6, 6.07) is 1.92. The zero-order chi connectivity index (χ0) is 11.4. The van der Waals surface area contributed by atoms with Crippen molar-refractivity contribution in [2.45, 2.75) is 32.9 Å². The molecule has 0 spiro atoms. The molecule has 0 aliphatic rings. The topological polar surface area (TPSA) is 38.3 Å². The van der Waals surface area contributed by atoms with Crippen LogP contribution in [0.15, 0.2) is 11.4 Å². The summed E-state index contributed by atoms with van der Waals surface area (Å²) in [5.74, 6) is -0.228. The van der Waals surface area contributed by atoms with Gasteiger partial charge in [0.15, 0.2) is 0 Å². The van der Waals surface area contributed by atoms with E-state index in [1.54, 1.807) is 11.3 Å². The third-order valence-electron chi connectivity index (χ3n) is 2.10.